The van der Waals surface area contributed by atoms with E-state index < -0.39 is 16.1 Å². The predicted octanol–water partition coefficient (Wildman–Crippen LogP) is 1.42. The van der Waals surface area contributed by atoms with E-state index >= 15 is 0 Å². The maximum Gasteiger partial charge on any atom is 0.253 e. The van der Waals surface area contributed by atoms with E-state index in [0.29, 0.717) is 5.56 Å². The lowest BCUT2D eigenvalue weighted by molar-refractivity contribution is 0.198. The molecular formula is C13H20N2O3S. The van der Waals surface area contributed by atoms with Gasteiger partial charge in [0, 0.05) is 13.1 Å². The van der Waals surface area contributed by atoms with E-state index in [9.17, 15) is 13.5 Å². The molecule has 0 saturated carbocycles. The van der Waals surface area contributed by atoms with Crippen LogP contribution in [0.2, 0.25) is 0 Å². The fraction of sp³-hybridized carbons (Fsp3) is 0.538. The smallest absolute Gasteiger partial charge is 0.253 e. The zero-order chi connectivity index (χ0) is 13.9. The SMILES string of the molecule is CC(O)c1cccc(S(=O)(=O)NN2CCCCC2)c1. The van der Waals surface area contributed by atoms with Gasteiger partial charge in [0.05, 0.1) is 11.0 Å². The molecule has 0 spiro atoms. The molecule has 0 amide bonds. The van der Waals surface area contributed by atoms with Crippen molar-refractivity contribution < 1.29 is 13.5 Å². The van der Waals surface area contributed by atoms with Gasteiger partial charge in [0.25, 0.3) is 10.0 Å². The van der Waals surface area contributed by atoms with Crippen molar-refractivity contribution in [2.45, 2.75) is 37.2 Å². The molecule has 1 atom stereocenters. The summed E-state index contributed by atoms with van der Waals surface area (Å²) in [7, 11) is -3.55. The summed E-state index contributed by atoms with van der Waals surface area (Å²) in [6.07, 6.45) is 2.49. The average Bonchev–Trinajstić information content (AvgIpc) is 2.39. The second-order valence-corrected chi connectivity index (χ2v) is 6.55. The molecule has 1 aromatic rings. The van der Waals surface area contributed by atoms with E-state index in [1.54, 1.807) is 24.1 Å². The van der Waals surface area contributed by atoms with Crippen LogP contribution in [0.5, 0.6) is 0 Å². The number of piperidine rings is 1. The molecule has 5 nitrogen and oxygen atoms in total. The minimum Gasteiger partial charge on any atom is -0.389 e. The number of hydrogen-bond acceptors (Lipinski definition) is 4. The molecule has 2 rings (SSSR count). The molecule has 1 saturated heterocycles. The van der Waals surface area contributed by atoms with Crippen molar-refractivity contribution in [3.63, 3.8) is 0 Å². The third-order valence-corrected chi connectivity index (χ3v) is 4.63. The fourth-order valence-electron chi connectivity index (χ4n) is 2.15. The Morgan fingerprint density at radius 1 is 1.26 bits per heavy atom. The summed E-state index contributed by atoms with van der Waals surface area (Å²) in [4.78, 5) is 2.79. The summed E-state index contributed by atoms with van der Waals surface area (Å²) >= 11 is 0. The number of aliphatic hydroxyl groups is 1. The van der Waals surface area contributed by atoms with E-state index in [2.05, 4.69) is 4.83 Å². The number of hydrogen-bond donors (Lipinski definition) is 2. The largest absolute Gasteiger partial charge is 0.389 e. The number of hydrazine groups is 1. The van der Waals surface area contributed by atoms with Crippen molar-refractivity contribution in [1.82, 2.24) is 9.84 Å². The standard InChI is InChI=1S/C13H20N2O3S/c1-11(16)12-6-5-7-13(10-12)19(17,18)14-15-8-3-2-4-9-15/h5-7,10-11,14,16H,2-4,8-9H2,1H3. The van der Waals surface area contributed by atoms with Crippen LogP contribution in [-0.2, 0) is 10.0 Å². The summed E-state index contributed by atoms with van der Waals surface area (Å²) in [6, 6.07) is 6.41. The van der Waals surface area contributed by atoms with Crippen LogP contribution in [0.1, 0.15) is 37.9 Å². The molecule has 6 heteroatoms. The van der Waals surface area contributed by atoms with Crippen LogP contribution in [-0.4, -0.2) is 31.6 Å². The number of nitrogens with zero attached hydrogens (tertiary/aromatic N) is 1. The van der Waals surface area contributed by atoms with E-state index in [1.165, 1.54) is 12.1 Å². The molecule has 1 fully saturated rings. The quantitative estimate of drug-likeness (QED) is 0.877. The van der Waals surface area contributed by atoms with Crippen molar-refractivity contribution in [2.75, 3.05) is 13.1 Å². The maximum absolute atomic E-state index is 12.2. The Balaban J connectivity index is 2.16. The normalized spacial score (nSPS) is 19.3. The van der Waals surface area contributed by atoms with Gasteiger partial charge in [-0.2, -0.15) is 0 Å². The van der Waals surface area contributed by atoms with Crippen molar-refractivity contribution in [2.24, 2.45) is 0 Å². The van der Waals surface area contributed by atoms with Crippen LogP contribution < -0.4 is 4.83 Å². The molecule has 1 aliphatic heterocycles. The summed E-state index contributed by atoms with van der Waals surface area (Å²) in [5, 5.41) is 11.3. The molecular weight excluding hydrogens is 264 g/mol. The minimum atomic E-state index is -3.55. The highest BCUT2D eigenvalue weighted by atomic mass is 32.2. The molecule has 0 aromatic heterocycles. The number of sulfonamides is 1. The van der Waals surface area contributed by atoms with Crippen LogP contribution >= 0.6 is 0 Å². The van der Waals surface area contributed by atoms with Crippen LogP contribution in [0.4, 0.5) is 0 Å². The molecule has 1 heterocycles. The van der Waals surface area contributed by atoms with Crippen molar-refractivity contribution in [3.8, 4) is 0 Å². The molecule has 2 N–H and O–H groups in total. The second-order valence-electron chi connectivity index (χ2n) is 4.89. The van der Waals surface area contributed by atoms with Crippen LogP contribution in [0.3, 0.4) is 0 Å². The van der Waals surface area contributed by atoms with E-state index in [1.807, 2.05) is 0 Å². The average molecular weight is 284 g/mol. The highest BCUT2D eigenvalue weighted by Crippen LogP contribution is 2.18. The fourth-order valence-corrected chi connectivity index (χ4v) is 3.33. The van der Waals surface area contributed by atoms with Crippen molar-refractivity contribution in [3.05, 3.63) is 29.8 Å². The van der Waals surface area contributed by atoms with E-state index in [0.717, 1.165) is 32.4 Å². The summed E-state index contributed by atoms with van der Waals surface area (Å²) in [5.41, 5.74) is 0.599. The molecule has 19 heavy (non-hydrogen) atoms. The maximum atomic E-state index is 12.2. The van der Waals surface area contributed by atoms with Gasteiger partial charge in [-0.1, -0.05) is 18.6 Å². The Bertz CT molecular complexity index is 522. The van der Waals surface area contributed by atoms with Gasteiger partial charge in [0.2, 0.25) is 0 Å². The predicted molar refractivity (Wildman–Crippen MR) is 72.8 cm³/mol. The molecule has 106 valence electrons. The first-order chi connectivity index (χ1) is 8.99. The molecule has 0 aliphatic carbocycles. The summed E-state index contributed by atoms with van der Waals surface area (Å²) < 4.78 is 24.5. The zero-order valence-electron chi connectivity index (χ0n) is 11.0. The summed E-state index contributed by atoms with van der Waals surface area (Å²) in [6.45, 7) is 3.11. The third-order valence-electron chi connectivity index (χ3n) is 3.26. The molecule has 1 aromatic carbocycles. The highest BCUT2D eigenvalue weighted by Gasteiger charge is 2.20. The third kappa shape index (κ3) is 3.76. The first-order valence-electron chi connectivity index (χ1n) is 6.54. The first kappa shape index (κ1) is 14.5. The van der Waals surface area contributed by atoms with Gasteiger partial charge in [-0.3, -0.25) is 0 Å². The molecule has 1 aliphatic rings. The Morgan fingerprint density at radius 3 is 2.58 bits per heavy atom. The van der Waals surface area contributed by atoms with Crippen molar-refractivity contribution >= 4 is 10.0 Å². The Labute approximate surface area is 114 Å². The van der Waals surface area contributed by atoms with E-state index in [4.69, 9.17) is 0 Å². The second kappa shape index (κ2) is 6.00. The Kier molecular flexibility index (Phi) is 4.57. The van der Waals surface area contributed by atoms with Crippen LogP contribution in [0.25, 0.3) is 0 Å². The van der Waals surface area contributed by atoms with Gasteiger partial charge in [-0.15, -0.1) is 4.83 Å². The Morgan fingerprint density at radius 2 is 1.95 bits per heavy atom. The number of aliphatic hydroxyl groups excluding tert-OH is 1. The monoisotopic (exact) mass is 284 g/mol. The first-order valence-corrected chi connectivity index (χ1v) is 8.03. The topological polar surface area (TPSA) is 69.6 Å². The van der Waals surface area contributed by atoms with Gasteiger partial charge in [0.15, 0.2) is 0 Å². The number of nitrogens with one attached hydrogen (secondary N) is 1. The van der Waals surface area contributed by atoms with Crippen molar-refractivity contribution in [1.29, 1.82) is 0 Å². The zero-order valence-corrected chi connectivity index (χ0v) is 11.9. The lowest BCUT2D eigenvalue weighted by Crippen LogP contribution is -2.44. The lowest BCUT2D eigenvalue weighted by Gasteiger charge is -2.26. The number of benzene rings is 1. The minimum absolute atomic E-state index is 0.191. The Hall–Kier alpha value is -0.950. The van der Waals surface area contributed by atoms with Gasteiger partial charge < -0.3 is 5.11 Å². The highest BCUT2D eigenvalue weighted by molar-refractivity contribution is 7.89. The van der Waals surface area contributed by atoms with Gasteiger partial charge in [-0.25, -0.2) is 13.4 Å². The van der Waals surface area contributed by atoms with E-state index in [-0.39, 0.29) is 4.90 Å². The molecule has 0 bridgehead atoms. The lowest BCUT2D eigenvalue weighted by atomic mass is 10.1. The van der Waals surface area contributed by atoms with Crippen LogP contribution in [0.15, 0.2) is 29.2 Å². The number of rotatable bonds is 4. The van der Waals surface area contributed by atoms with Gasteiger partial charge >= 0.3 is 0 Å². The summed E-state index contributed by atoms with van der Waals surface area (Å²) in [5.74, 6) is 0. The van der Waals surface area contributed by atoms with Gasteiger partial charge in [0.1, 0.15) is 0 Å². The van der Waals surface area contributed by atoms with Gasteiger partial charge in [-0.05, 0) is 37.5 Å². The molecule has 1 unspecified atom stereocenters. The van der Waals surface area contributed by atoms with Crippen LogP contribution in [0, 0.1) is 0 Å². The molecule has 0 radical (unpaired) electrons.